The second kappa shape index (κ2) is 7.90. The van der Waals surface area contributed by atoms with Gasteiger partial charge in [0.1, 0.15) is 18.1 Å². The van der Waals surface area contributed by atoms with Crippen LogP contribution < -0.4 is 10.1 Å². The molecule has 0 saturated carbocycles. The van der Waals surface area contributed by atoms with E-state index in [4.69, 9.17) is 9.47 Å². The fraction of sp³-hybridized carbons (Fsp3) is 0.227. The van der Waals surface area contributed by atoms with Crippen LogP contribution in [0.3, 0.4) is 0 Å². The Morgan fingerprint density at radius 1 is 1.13 bits per heavy atom. The van der Waals surface area contributed by atoms with E-state index in [9.17, 15) is 4.79 Å². The molecule has 0 spiro atoms. The van der Waals surface area contributed by atoms with Crippen molar-refractivity contribution in [1.29, 1.82) is 0 Å². The Morgan fingerprint density at radius 2 is 1.97 bits per heavy atom. The van der Waals surface area contributed by atoms with Crippen molar-refractivity contribution < 1.29 is 14.3 Å². The number of amides is 1. The summed E-state index contributed by atoms with van der Waals surface area (Å²) in [6, 6.07) is 13.4. The molecule has 0 unspecified atom stereocenters. The first-order chi connectivity index (χ1) is 14.4. The normalized spacial score (nSPS) is 10.9. The number of aryl methyl sites for hydroxylation is 3. The van der Waals surface area contributed by atoms with Crippen molar-refractivity contribution >= 4 is 22.8 Å². The number of imidazole rings is 1. The van der Waals surface area contributed by atoms with Crippen molar-refractivity contribution in [2.75, 3.05) is 12.4 Å². The molecule has 1 N–H and O–H groups in total. The monoisotopic (exact) mass is 405 g/mol. The maximum atomic E-state index is 12.2. The predicted octanol–water partition coefficient (Wildman–Crippen LogP) is 4.04. The smallest absolute Gasteiger partial charge is 0.412 e. The van der Waals surface area contributed by atoms with Gasteiger partial charge < -0.3 is 14.0 Å². The van der Waals surface area contributed by atoms with Crippen LogP contribution in [-0.4, -0.2) is 32.5 Å². The Hall–Kier alpha value is -3.81. The summed E-state index contributed by atoms with van der Waals surface area (Å²) >= 11 is 0. The average molecular weight is 405 g/mol. The van der Waals surface area contributed by atoms with Gasteiger partial charge in [-0.05, 0) is 48.9 Å². The number of carbonyl (C=O) groups is 1. The van der Waals surface area contributed by atoms with Crippen LogP contribution in [0.4, 0.5) is 10.5 Å². The summed E-state index contributed by atoms with van der Waals surface area (Å²) in [4.78, 5) is 16.5. The summed E-state index contributed by atoms with van der Waals surface area (Å²) < 4.78 is 14.5. The van der Waals surface area contributed by atoms with Gasteiger partial charge in [-0.1, -0.05) is 6.07 Å². The van der Waals surface area contributed by atoms with E-state index < -0.39 is 6.09 Å². The van der Waals surface area contributed by atoms with Crippen molar-refractivity contribution in [3.8, 4) is 17.0 Å². The van der Waals surface area contributed by atoms with E-state index in [0.717, 1.165) is 33.6 Å². The van der Waals surface area contributed by atoms with E-state index in [1.165, 1.54) is 0 Å². The highest BCUT2D eigenvalue weighted by Crippen LogP contribution is 2.31. The first-order valence-corrected chi connectivity index (χ1v) is 9.47. The summed E-state index contributed by atoms with van der Waals surface area (Å²) in [7, 11) is 5.41. The number of hydrogen-bond acceptors (Lipinski definition) is 5. The molecule has 0 atom stereocenters. The summed E-state index contributed by atoms with van der Waals surface area (Å²) in [6.45, 7) is 2.07. The van der Waals surface area contributed by atoms with E-state index in [1.54, 1.807) is 24.2 Å². The molecule has 2 aromatic heterocycles. The van der Waals surface area contributed by atoms with E-state index in [1.807, 2.05) is 62.0 Å². The van der Waals surface area contributed by atoms with Gasteiger partial charge in [-0.2, -0.15) is 5.10 Å². The molecule has 8 nitrogen and oxygen atoms in total. The van der Waals surface area contributed by atoms with Gasteiger partial charge in [0.15, 0.2) is 0 Å². The summed E-state index contributed by atoms with van der Waals surface area (Å²) in [5.74, 6) is 0.771. The van der Waals surface area contributed by atoms with Gasteiger partial charge in [0.25, 0.3) is 0 Å². The molecule has 2 aromatic carbocycles. The van der Waals surface area contributed by atoms with Crippen LogP contribution in [0.5, 0.6) is 5.75 Å². The van der Waals surface area contributed by atoms with Gasteiger partial charge in [-0.15, -0.1) is 0 Å². The number of aromatic nitrogens is 4. The quantitative estimate of drug-likeness (QED) is 0.542. The van der Waals surface area contributed by atoms with Crippen LogP contribution in [0, 0.1) is 6.92 Å². The number of ether oxygens (including phenoxy) is 2. The van der Waals surface area contributed by atoms with Gasteiger partial charge in [-0.25, -0.2) is 9.78 Å². The van der Waals surface area contributed by atoms with Gasteiger partial charge in [0.2, 0.25) is 0 Å². The average Bonchev–Trinajstić information content (AvgIpc) is 3.28. The van der Waals surface area contributed by atoms with Crippen molar-refractivity contribution in [2.45, 2.75) is 13.5 Å². The second-order valence-electron chi connectivity index (χ2n) is 7.11. The summed E-state index contributed by atoms with van der Waals surface area (Å²) in [5, 5.41) is 7.18. The highest BCUT2D eigenvalue weighted by atomic mass is 16.5. The molecule has 1 amide bonds. The summed E-state index contributed by atoms with van der Waals surface area (Å²) in [6.07, 6.45) is 1.18. The molecule has 30 heavy (non-hydrogen) atoms. The number of anilines is 1. The third kappa shape index (κ3) is 3.84. The van der Waals surface area contributed by atoms with Crippen molar-refractivity contribution in [3.05, 3.63) is 60.0 Å². The van der Waals surface area contributed by atoms with Crippen LogP contribution in [-0.2, 0) is 25.4 Å². The number of hydrogen-bond donors (Lipinski definition) is 1. The Morgan fingerprint density at radius 3 is 2.77 bits per heavy atom. The zero-order valence-corrected chi connectivity index (χ0v) is 17.3. The zero-order chi connectivity index (χ0) is 21.3. The molecule has 4 rings (SSSR count). The van der Waals surface area contributed by atoms with E-state index >= 15 is 0 Å². The van der Waals surface area contributed by atoms with Gasteiger partial charge in [0.05, 0.1) is 30.2 Å². The van der Waals surface area contributed by atoms with Gasteiger partial charge in [-0.3, -0.25) is 10.00 Å². The lowest BCUT2D eigenvalue weighted by Crippen LogP contribution is -2.13. The van der Waals surface area contributed by atoms with Crippen LogP contribution in [0.25, 0.3) is 22.3 Å². The Labute approximate surface area is 174 Å². The number of methoxy groups -OCH3 is 1. The van der Waals surface area contributed by atoms with E-state index in [0.29, 0.717) is 11.4 Å². The molecule has 154 valence electrons. The third-order valence-corrected chi connectivity index (χ3v) is 4.89. The molecule has 2 heterocycles. The Balaban J connectivity index is 1.43. The lowest BCUT2D eigenvalue weighted by atomic mass is 10.1. The second-order valence-corrected chi connectivity index (χ2v) is 7.11. The van der Waals surface area contributed by atoms with Crippen molar-refractivity contribution in [2.24, 2.45) is 14.1 Å². The molecule has 0 aliphatic carbocycles. The molecule has 0 bridgehead atoms. The molecular weight excluding hydrogens is 382 g/mol. The van der Waals surface area contributed by atoms with E-state index in [-0.39, 0.29) is 6.61 Å². The number of carbonyl (C=O) groups excluding carboxylic acids is 1. The number of rotatable bonds is 5. The van der Waals surface area contributed by atoms with Crippen LogP contribution >= 0.6 is 0 Å². The van der Waals surface area contributed by atoms with Crippen molar-refractivity contribution in [3.63, 3.8) is 0 Å². The maximum Gasteiger partial charge on any atom is 0.412 e. The minimum absolute atomic E-state index is 0.0552. The van der Waals surface area contributed by atoms with Gasteiger partial charge in [0, 0.05) is 25.3 Å². The maximum absolute atomic E-state index is 12.2. The lowest BCUT2D eigenvalue weighted by Gasteiger charge is -2.09. The van der Waals surface area contributed by atoms with Crippen molar-refractivity contribution in [1.82, 2.24) is 19.3 Å². The summed E-state index contributed by atoms with van der Waals surface area (Å²) in [5.41, 5.74) is 5.98. The molecular formula is C22H23N5O3. The van der Waals surface area contributed by atoms with Crippen LogP contribution in [0.2, 0.25) is 0 Å². The lowest BCUT2D eigenvalue weighted by molar-refractivity contribution is 0.153. The molecule has 8 heteroatoms. The number of fused-ring (bicyclic) bond motifs is 1. The molecule has 0 aliphatic heterocycles. The molecule has 0 aliphatic rings. The fourth-order valence-corrected chi connectivity index (χ4v) is 3.37. The third-order valence-electron chi connectivity index (χ3n) is 4.89. The minimum atomic E-state index is -0.551. The molecule has 0 radical (unpaired) electrons. The van der Waals surface area contributed by atoms with Gasteiger partial charge >= 0.3 is 6.09 Å². The SMILES string of the molecule is COc1cc(C)ccc1-c1cc(COC(=O)Nc2ccc3c(c2)ncn3C)nn1C. The first-order valence-electron chi connectivity index (χ1n) is 9.47. The topological polar surface area (TPSA) is 83.2 Å². The number of nitrogens with zero attached hydrogens (tertiary/aromatic N) is 4. The number of benzene rings is 2. The standard InChI is InChI=1S/C22H23N5O3/c1-14-5-7-17(21(9-14)29-4)20-11-16(25-27(20)3)12-30-22(28)24-15-6-8-19-18(10-15)23-13-26(19)2/h5-11,13H,12H2,1-4H3,(H,24,28). The van der Waals surface area contributed by atoms with Crippen LogP contribution in [0.15, 0.2) is 48.8 Å². The first kappa shape index (κ1) is 19.5. The molecule has 0 saturated heterocycles. The Kier molecular flexibility index (Phi) is 5.14. The van der Waals surface area contributed by atoms with E-state index in [2.05, 4.69) is 15.4 Å². The predicted molar refractivity (Wildman–Crippen MR) is 114 cm³/mol. The highest BCUT2D eigenvalue weighted by molar-refractivity contribution is 5.88. The minimum Gasteiger partial charge on any atom is -0.496 e. The zero-order valence-electron chi connectivity index (χ0n) is 17.3. The fourth-order valence-electron chi connectivity index (χ4n) is 3.37. The molecule has 4 aromatic rings. The van der Waals surface area contributed by atoms with Crippen LogP contribution in [0.1, 0.15) is 11.3 Å². The number of nitrogens with one attached hydrogen (secondary N) is 1. The molecule has 0 fully saturated rings. The Bertz CT molecular complexity index is 1220. The largest absolute Gasteiger partial charge is 0.496 e. The highest BCUT2D eigenvalue weighted by Gasteiger charge is 2.14.